The molecule has 3 heterocycles. The van der Waals surface area contributed by atoms with Crippen molar-refractivity contribution in [1.29, 1.82) is 0 Å². The van der Waals surface area contributed by atoms with E-state index in [9.17, 15) is 14.9 Å². The lowest BCUT2D eigenvalue weighted by Gasteiger charge is -2.37. The Morgan fingerprint density at radius 2 is 2.24 bits per heavy atom. The van der Waals surface area contributed by atoms with E-state index in [2.05, 4.69) is 15.6 Å². The molecule has 0 saturated carbocycles. The Morgan fingerprint density at radius 1 is 1.48 bits per heavy atom. The van der Waals surface area contributed by atoms with Gasteiger partial charge in [-0.2, -0.15) is 0 Å². The summed E-state index contributed by atoms with van der Waals surface area (Å²) in [5, 5.41) is 17.2. The number of hydrogen-bond donors (Lipinski definition) is 2. The van der Waals surface area contributed by atoms with Gasteiger partial charge in [0, 0.05) is 32.3 Å². The van der Waals surface area contributed by atoms with Crippen molar-refractivity contribution < 1.29 is 14.5 Å². The van der Waals surface area contributed by atoms with Crippen LogP contribution in [0, 0.1) is 10.1 Å². The molecular formula is C16H23N5O4. The number of likely N-dealkylation sites (tertiary alicyclic amines) is 1. The van der Waals surface area contributed by atoms with Gasteiger partial charge >= 0.3 is 0 Å². The van der Waals surface area contributed by atoms with Crippen molar-refractivity contribution in [3.8, 4) is 0 Å². The van der Waals surface area contributed by atoms with Crippen molar-refractivity contribution in [3.05, 3.63) is 28.4 Å². The van der Waals surface area contributed by atoms with Crippen molar-refractivity contribution >= 4 is 17.4 Å². The number of carbonyl (C=O) groups excluding carboxylic acids is 1. The maximum Gasteiger partial charge on any atom is 0.287 e. The molecule has 0 spiro atoms. The standard InChI is InChI=1S/C16H23N5O4/c1-25-16(5-7-17-8-6-16)15(22)20-9-4-12(11-20)19-14-3-2-13(10-18-14)21(23)24/h2-3,10,12,17H,4-9,11H2,1H3,(H,18,19). The van der Waals surface area contributed by atoms with Gasteiger partial charge in [0.2, 0.25) is 0 Å². The first-order chi connectivity index (χ1) is 12.0. The molecule has 2 aliphatic rings. The van der Waals surface area contributed by atoms with Gasteiger partial charge in [-0.1, -0.05) is 0 Å². The molecule has 3 rings (SSSR count). The second kappa shape index (κ2) is 7.32. The zero-order chi connectivity index (χ0) is 17.9. The topological polar surface area (TPSA) is 110 Å². The second-order valence-corrected chi connectivity index (χ2v) is 6.49. The predicted octanol–water partition coefficient (Wildman–Crippen LogP) is 0.771. The number of methoxy groups -OCH3 is 1. The molecule has 0 aliphatic carbocycles. The molecule has 1 aromatic heterocycles. The van der Waals surface area contributed by atoms with Crippen molar-refractivity contribution in [2.45, 2.75) is 30.9 Å². The lowest BCUT2D eigenvalue weighted by molar-refractivity contribution is -0.385. The lowest BCUT2D eigenvalue weighted by Crippen LogP contribution is -2.55. The Balaban J connectivity index is 1.59. The van der Waals surface area contributed by atoms with Crippen LogP contribution in [0.1, 0.15) is 19.3 Å². The van der Waals surface area contributed by atoms with Crippen LogP contribution in [-0.4, -0.2) is 65.6 Å². The van der Waals surface area contributed by atoms with E-state index in [1.807, 2.05) is 4.90 Å². The Hall–Kier alpha value is -2.26. The quantitative estimate of drug-likeness (QED) is 0.597. The van der Waals surface area contributed by atoms with Gasteiger partial charge in [0.05, 0.1) is 4.92 Å². The molecule has 136 valence electrons. The Labute approximate surface area is 145 Å². The van der Waals surface area contributed by atoms with Crippen LogP contribution in [0.25, 0.3) is 0 Å². The molecule has 2 aliphatic heterocycles. The van der Waals surface area contributed by atoms with Crippen LogP contribution in [0.4, 0.5) is 11.5 Å². The molecule has 0 bridgehead atoms. The largest absolute Gasteiger partial charge is 0.368 e. The number of nitrogens with one attached hydrogen (secondary N) is 2. The molecule has 2 fully saturated rings. The van der Waals surface area contributed by atoms with Crippen LogP contribution in [0.2, 0.25) is 0 Å². The number of nitrogens with zero attached hydrogens (tertiary/aromatic N) is 3. The molecule has 2 N–H and O–H groups in total. The Morgan fingerprint density at radius 3 is 2.84 bits per heavy atom. The van der Waals surface area contributed by atoms with E-state index in [0.29, 0.717) is 31.7 Å². The van der Waals surface area contributed by atoms with Gasteiger partial charge < -0.3 is 20.3 Å². The highest BCUT2D eigenvalue weighted by Crippen LogP contribution is 2.27. The molecule has 9 nitrogen and oxygen atoms in total. The molecule has 1 atom stereocenters. The highest BCUT2D eigenvalue weighted by molar-refractivity contribution is 5.86. The molecule has 25 heavy (non-hydrogen) atoms. The maximum absolute atomic E-state index is 12.9. The third-order valence-corrected chi connectivity index (χ3v) is 4.98. The smallest absolute Gasteiger partial charge is 0.287 e. The highest BCUT2D eigenvalue weighted by atomic mass is 16.6. The molecule has 0 radical (unpaired) electrons. The number of rotatable bonds is 5. The van der Waals surface area contributed by atoms with Gasteiger partial charge in [-0.25, -0.2) is 4.98 Å². The molecule has 9 heteroatoms. The fourth-order valence-electron chi connectivity index (χ4n) is 3.48. The highest BCUT2D eigenvalue weighted by Gasteiger charge is 2.44. The molecular weight excluding hydrogens is 326 g/mol. The van der Waals surface area contributed by atoms with Crippen molar-refractivity contribution in [2.24, 2.45) is 0 Å². The fraction of sp³-hybridized carbons (Fsp3) is 0.625. The van der Waals surface area contributed by atoms with E-state index < -0.39 is 10.5 Å². The minimum atomic E-state index is -0.717. The number of amides is 1. The number of piperidine rings is 1. The van der Waals surface area contributed by atoms with Crippen LogP contribution in [-0.2, 0) is 9.53 Å². The number of aromatic nitrogens is 1. The summed E-state index contributed by atoms with van der Waals surface area (Å²) in [6, 6.07) is 3.09. The van der Waals surface area contributed by atoms with E-state index in [1.54, 1.807) is 13.2 Å². The van der Waals surface area contributed by atoms with Crippen LogP contribution >= 0.6 is 0 Å². The fourth-order valence-corrected chi connectivity index (χ4v) is 3.48. The van der Waals surface area contributed by atoms with Crippen molar-refractivity contribution in [2.75, 3.05) is 38.6 Å². The van der Waals surface area contributed by atoms with Crippen LogP contribution in [0.5, 0.6) is 0 Å². The first kappa shape index (κ1) is 17.6. The van der Waals surface area contributed by atoms with Gasteiger partial charge in [-0.05, 0) is 38.4 Å². The average molecular weight is 349 g/mol. The summed E-state index contributed by atoms with van der Waals surface area (Å²) in [6.45, 7) is 2.81. The summed E-state index contributed by atoms with van der Waals surface area (Å²) in [5.74, 6) is 0.630. The first-order valence-electron chi connectivity index (χ1n) is 8.46. The van der Waals surface area contributed by atoms with Crippen molar-refractivity contribution in [1.82, 2.24) is 15.2 Å². The Bertz CT molecular complexity index is 630. The van der Waals surface area contributed by atoms with Gasteiger partial charge in [-0.3, -0.25) is 14.9 Å². The molecule has 1 amide bonds. The third kappa shape index (κ3) is 3.72. The molecule has 2 saturated heterocycles. The Kier molecular flexibility index (Phi) is 5.14. The maximum atomic E-state index is 12.9. The van der Waals surface area contributed by atoms with E-state index in [0.717, 1.165) is 19.5 Å². The monoisotopic (exact) mass is 349 g/mol. The minimum absolute atomic E-state index is 0.0401. The number of anilines is 1. The SMILES string of the molecule is COC1(C(=O)N2CCC(Nc3ccc([N+](=O)[O-])cn3)C2)CCNCC1. The van der Waals surface area contributed by atoms with E-state index in [4.69, 9.17) is 4.74 Å². The summed E-state index contributed by atoms with van der Waals surface area (Å²) in [7, 11) is 1.61. The summed E-state index contributed by atoms with van der Waals surface area (Å²) >= 11 is 0. The number of pyridine rings is 1. The lowest BCUT2D eigenvalue weighted by atomic mass is 9.90. The number of carbonyl (C=O) groups is 1. The second-order valence-electron chi connectivity index (χ2n) is 6.49. The van der Waals surface area contributed by atoms with Gasteiger partial charge in [-0.15, -0.1) is 0 Å². The van der Waals surface area contributed by atoms with Crippen LogP contribution < -0.4 is 10.6 Å². The zero-order valence-electron chi connectivity index (χ0n) is 14.2. The van der Waals surface area contributed by atoms with Gasteiger partial charge in [0.1, 0.15) is 17.6 Å². The summed E-state index contributed by atoms with van der Waals surface area (Å²) in [4.78, 5) is 29.0. The normalized spacial score (nSPS) is 22.6. The third-order valence-electron chi connectivity index (χ3n) is 4.98. The molecule has 1 aromatic rings. The number of hydrogen-bond acceptors (Lipinski definition) is 7. The molecule has 0 aromatic carbocycles. The molecule has 1 unspecified atom stereocenters. The van der Waals surface area contributed by atoms with E-state index in [-0.39, 0.29) is 17.6 Å². The number of ether oxygens (including phenoxy) is 1. The average Bonchev–Trinajstić information content (AvgIpc) is 3.10. The summed E-state index contributed by atoms with van der Waals surface area (Å²) in [6.07, 6.45) is 3.40. The van der Waals surface area contributed by atoms with Crippen LogP contribution in [0.15, 0.2) is 18.3 Å². The minimum Gasteiger partial charge on any atom is -0.368 e. The van der Waals surface area contributed by atoms with Gasteiger partial charge in [0.25, 0.3) is 11.6 Å². The van der Waals surface area contributed by atoms with Crippen LogP contribution in [0.3, 0.4) is 0 Å². The van der Waals surface area contributed by atoms with E-state index >= 15 is 0 Å². The van der Waals surface area contributed by atoms with E-state index in [1.165, 1.54) is 12.3 Å². The summed E-state index contributed by atoms with van der Waals surface area (Å²) in [5.41, 5.74) is -0.757. The first-order valence-corrected chi connectivity index (χ1v) is 8.46. The number of nitro groups is 1. The summed E-state index contributed by atoms with van der Waals surface area (Å²) < 4.78 is 5.61. The van der Waals surface area contributed by atoms with Crippen molar-refractivity contribution in [3.63, 3.8) is 0 Å². The van der Waals surface area contributed by atoms with Gasteiger partial charge in [0.15, 0.2) is 0 Å². The predicted molar refractivity (Wildman–Crippen MR) is 91.3 cm³/mol. The zero-order valence-corrected chi connectivity index (χ0v) is 14.2.